The molecule has 0 unspecified atom stereocenters. The van der Waals surface area contributed by atoms with Crippen LogP contribution < -0.4 is 17.1 Å². The molecule has 2 aromatic rings. The third-order valence-corrected chi connectivity index (χ3v) is 4.10. The molecule has 6 nitrogen and oxygen atoms in total. The van der Waals surface area contributed by atoms with Gasteiger partial charge in [-0.05, 0) is 51.3 Å². The highest BCUT2D eigenvalue weighted by atomic mass is 16.3. The van der Waals surface area contributed by atoms with Crippen LogP contribution in [0, 0.1) is 34.6 Å². The molecule has 0 radical (unpaired) electrons. The van der Waals surface area contributed by atoms with E-state index in [-0.39, 0.29) is 5.75 Å². The van der Waals surface area contributed by atoms with Crippen LogP contribution in [0.3, 0.4) is 0 Å². The largest absolute Gasteiger partial charge is 0.507 e. The Morgan fingerprint density at radius 2 is 1.52 bits per heavy atom. The van der Waals surface area contributed by atoms with E-state index in [9.17, 15) is 14.7 Å². The number of aromatic hydroxyl groups is 1. The van der Waals surface area contributed by atoms with Crippen LogP contribution in [-0.2, 0) is 0 Å². The number of rotatable bonds is 1. The van der Waals surface area contributed by atoms with Crippen LogP contribution in [0.2, 0.25) is 0 Å². The highest BCUT2D eigenvalue weighted by molar-refractivity contribution is 5.60. The van der Waals surface area contributed by atoms with E-state index in [1.165, 1.54) is 6.07 Å². The van der Waals surface area contributed by atoms with Crippen molar-refractivity contribution in [2.24, 2.45) is 0 Å². The lowest BCUT2D eigenvalue weighted by atomic mass is 9.97. The minimum atomic E-state index is -0.631. The van der Waals surface area contributed by atoms with Gasteiger partial charge < -0.3 is 10.9 Å². The first-order chi connectivity index (χ1) is 9.68. The van der Waals surface area contributed by atoms with Gasteiger partial charge in [0.1, 0.15) is 5.75 Å². The van der Waals surface area contributed by atoms with Gasteiger partial charge in [0.2, 0.25) is 0 Å². The Bertz CT molecular complexity index is 831. The van der Waals surface area contributed by atoms with Crippen LogP contribution in [-0.4, -0.2) is 14.3 Å². The summed E-state index contributed by atoms with van der Waals surface area (Å²) < 4.78 is 1.93. The number of phenolic OH excluding ortho intramolecular Hbond substituents is 1. The van der Waals surface area contributed by atoms with E-state index in [1.54, 1.807) is 20.8 Å². The Balaban J connectivity index is 3.04. The Kier molecular flexibility index (Phi) is 3.41. The lowest BCUT2D eigenvalue weighted by Gasteiger charge is -2.19. The summed E-state index contributed by atoms with van der Waals surface area (Å²) in [7, 11) is 0. The van der Waals surface area contributed by atoms with E-state index in [4.69, 9.17) is 5.84 Å². The molecule has 2 rings (SSSR count). The Morgan fingerprint density at radius 1 is 0.952 bits per heavy atom. The molecular weight excluding hydrogens is 270 g/mol. The average molecular weight is 289 g/mol. The molecule has 1 aromatic heterocycles. The molecule has 6 heteroatoms. The van der Waals surface area contributed by atoms with Crippen molar-refractivity contribution < 1.29 is 5.11 Å². The third kappa shape index (κ3) is 2.03. The SMILES string of the molecule is Cc1c(C)c(O)c(C)c(-n2c(=O)cc(C)n(N)c2=O)c1C. The van der Waals surface area contributed by atoms with Gasteiger partial charge in [-0.2, -0.15) is 0 Å². The first-order valence-electron chi connectivity index (χ1n) is 6.59. The van der Waals surface area contributed by atoms with Gasteiger partial charge in [0.15, 0.2) is 0 Å². The lowest BCUT2D eigenvalue weighted by Crippen LogP contribution is -2.43. The number of aromatic nitrogens is 2. The molecule has 0 bridgehead atoms. The van der Waals surface area contributed by atoms with E-state index in [0.29, 0.717) is 16.9 Å². The summed E-state index contributed by atoms with van der Waals surface area (Å²) in [5.74, 6) is 5.76. The number of hydrogen-bond donors (Lipinski definition) is 2. The first kappa shape index (κ1) is 14.9. The van der Waals surface area contributed by atoms with E-state index in [2.05, 4.69) is 0 Å². The number of hydrogen-bond acceptors (Lipinski definition) is 4. The topological polar surface area (TPSA) is 90.2 Å². The molecule has 0 fully saturated rings. The van der Waals surface area contributed by atoms with Crippen molar-refractivity contribution in [3.8, 4) is 11.4 Å². The molecule has 0 aliphatic carbocycles. The van der Waals surface area contributed by atoms with Crippen LogP contribution in [0.5, 0.6) is 5.75 Å². The fourth-order valence-electron chi connectivity index (χ4n) is 2.52. The minimum Gasteiger partial charge on any atom is -0.507 e. The molecule has 0 saturated heterocycles. The number of phenols is 1. The molecule has 0 aliphatic heterocycles. The average Bonchev–Trinajstić information content (AvgIpc) is 2.44. The molecular formula is C15H19N3O3. The molecule has 0 amide bonds. The molecule has 0 spiro atoms. The zero-order chi connectivity index (χ0) is 16.1. The Labute approximate surface area is 122 Å². The second kappa shape index (κ2) is 4.80. The standard InChI is InChI=1S/C15H19N3O3/c1-7-6-12(19)17(15(21)18(7)16)13-9(3)8(2)10(4)14(20)11(13)5/h6,20H,16H2,1-5H3. The Hall–Kier alpha value is -2.50. The fourth-order valence-corrected chi connectivity index (χ4v) is 2.52. The highest BCUT2D eigenvalue weighted by Crippen LogP contribution is 2.32. The molecule has 0 atom stereocenters. The number of aryl methyl sites for hydroxylation is 1. The summed E-state index contributed by atoms with van der Waals surface area (Å²) >= 11 is 0. The molecule has 21 heavy (non-hydrogen) atoms. The summed E-state index contributed by atoms with van der Waals surface area (Å²) in [5, 5.41) is 10.2. The van der Waals surface area contributed by atoms with E-state index >= 15 is 0 Å². The maximum absolute atomic E-state index is 12.3. The molecule has 0 saturated carbocycles. The van der Waals surface area contributed by atoms with E-state index in [0.717, 1.165) is 25.9 Å². The predicted octanol–water partition coefficient (Wildman–Crippen LogP) is 0.961. The van der Waals surface area contributed by atoms with Gasteiger partial charge >= 0.3 is 5.69 Å². The van der Waals surface area contributed by atoms with Crippen LogP contribution >= 0.6 is 0 Å². The van der Waals surface area contributed by atoms with Crippen LogP contribution in [0.4, 0.5) is 0 Å². The zero-order valence-corrected chi connectivity index (χ0v) is 12.8. The summed E-state index contributed by atoms with van der Waals surface area (Å²) in [6.07, 6.45) is 0. The fraction of sp³-hybridized carbons (Fsp3) is 0.333. The molecule has 3 N–H and O–H groups in total. The van der Waals surface area contributed by atoms with Crippen molar-refractivity contribution in [2.75, 3.05) is 5.84 Å². The zero-order valence-electron chi connectivity index (χ0n) is 12.8. The monoisotopic (exact) mass is 289 g/mol. The van der Waals surface area contributed by atoms with Crippen molar-refractivity contribution in [3.05, 3.63) is 54.9 Å². The lowest BCUT2D eigenvalue weighted by molar-refractivity contribution is 0.465. The van der Waals surface area contributed by atoms with Crippen molar-refractivity contribution in [1.29, 1.82) is 0 Å². The van der Waals surface area contributed by atoms with Gasteiger partial charge in [-0.15, -0.1) is 0 Å². The second-order valence-corrected chi connectivity index (χ2v) is 5.31. The first-order valence-corrected chi connectivity index (χ1v) is 6.59. The normalized spacial score (nSPS) is 10.9. The van der Waals surface area contributed by atoms with Gasteiger partial charge in [0.05, 0.1) is 5.69 Å². The van der Waals surface area contributed by atoms with Crippen LogP contribution in [0.25, 0.3) is 5.69 Å². The molecule has 0 aliphatic rings. The number of nitrogen functional groups attached to an aromatic ring is 1. The maximum Gasteiger partial charge on any atom is 0.354 e. The smallest absolute Gasteiger partial charge is 0.354 e. The van der Waals surface area contributed by atoms with Crippen molar-refractivity contribution in [2.45, 2.75) is 34.6 Å². The van der Waals surface area contributed by atoms with Gasteiger partial charge in [0.25, 0.3) is 5.56 Å². The minimum absolute atomic E-state index is 0.0866. The van der Waals surface area contributed by atoms with Crippen molar-refractivity contribution in [1.82, 2.24) is 9.24 Å². The van der Waals surface area contributed by atoms with E-state index in [1.807, 2.05) is 13.8 Å². The highest BCUT2D eigenvalue weighted by Gasteiger charge is 2.19. The number of nitrogens with two attached hydrogens (primary N) is 1. The van der Waals surface area contributed by atoms with Crippen LogP contribution in [0.15, 0.2) is 15.7 Å². The Morgan fingerprint density at radius 3 is 2.10 bits per heavy atom. The van der Waals surface area contributed by atoms with Crippen molar-refractivity contribution in [3.63, 3.8) is 0 Å². The predicted molar refractivity (Wildman–Crippen MR) is 81.8 cm³/mol. The second-order valence-electron chi connectivity index (χ2n) is 5.31. The molecule has 112 valence electrons. The van der Waals surface area contributed by atoms with Crippen molar-refractivity contribution >= 4 is 0 Å². The third-order valence-electron chi connectivity index (χ3n) is 4.10. The van der Waals surface area contributed by atoms with E-state index < -0.39 is 11.2 Å². The van der Waals surface area contributed by atoms with Crippen LogP contribution in [0.1, 0.15) is 27.9 Å². The summed E-state index contributed by atoms with van der Waals surface area (Å²) in [4.78, 5) is 24.6. The number of benzene rings is 1. The van der Waals surface area contributed by atoms with Gasteiger partial charge in [0, 0.05) is 17.3 Å². The quantitative estimate of drug-likeness (QED) is 0.765. The van der Waals surface area contributed by atoms with Gasteiger partial charge in [-0.25, -0.2) is 14.0 Å². The molecule has 1 heterocycles. The maximum atomic E-state index is 12.3. The van der Waals surface area contributed by atoms with Gasteiger partial charge in [-0.3, -0.25) is 4.79 Å². The number of nitrogens with zero attached hydrogens (tertiary/aromatic N) is 2. The summed E-state index contributed by atoms with van der Waals surface area (Å²) in [6, 6.07) is 1.30. The summed E-state index contributed by atoms with van der Waals surface area (Å²) in [5.41, 5.74) is 2.51. The molecule has 1 aromatic carbocycles. The summed E-state index contributed by atoms with van der Waals surface area (Å²) in [6.45, 7) is 8.72. The van der Waals surface area contributed by atoms with Gasteiger partial charge in [-0.1, -0.05) is 0 Å².